The molecule has 3 atom stereocenters. The number of nitrogen functional groups attached to an aromatic ring is 1. The van der Waals surface area contributed by atoms with Crippen LogP contribution in [0.25, 0.3) is 0 Å². The molecule has 0 bridgehead atoms. The summed E-state index contributed by atoms with van der Waals surface area (Å²) < 4.78 is 9.76. The molecule has 12 heteroatoms. The summed E-state index contributed by atoms with van der Waals surface area (Å²) in [6.07, 6.45) is 0.707. The number of ether oxygens (including phenoxy) is 2. The third-order valence-corrected chi connectivity index (χ3v) is 5.05. The fraction of sp³-hybridized carbons (Fsp3) is 0.560. The monoisotopic (exact) mass is 521 g/mol. The highest BCUT2D eigenvalue weighted by atomic mass is 16.6. The molecule has 0 aromatic heterocycles. The zero-order valence-electron chi connectivity index (χ0n) is 22.3. The Balaban J connectivity index is 2.76. The molecule has 0 saturated heterocycles. The number of rotatable bonds is 12. The van der Waals surface area contributed by atoms with Crippen molar-refractivity contribution in [3.63, 3.8) is 0 Å². The third kappa shape index (κ3) is 12.1. The van der Waals surface area contributed by atoms with Gasteiger partial charge >= 0.3 is 12.1 Å². The van der Waals surface area contributed by atoms with Gasteiger partial charge in [0.25, 0.3) is 5.91 Å². The van der Waals surface area contributed by atoms with Gasteiger partial charge in [0.2, 0.25) is 11.8 Å². The third-order valence-electron chi connectivity index (χ3n) is 5.05. The quantitative estimate of drug-likeness (QED) is 0.155. The molecule has 6 N–H and O–H groups in total. The summed E-state index contributed by atoms with van der Waals surface area (Å²) in [5, 5.41) is 10.3. The fourth-order valence-corrected chi connectivity index (χ4v) is 3.08. The highest BCUT2D eigenvalue weighted by Gasteiger charge is 2.26. The van der Waals surface area contributed by atoms with Gasteiger partial charge in [-0.2, -0.15) is 0 Å². The molecule has 0 spiro atoms. The molecular weight excluding hydrogens is 482 g/mol. The van der Waals surface area contributed by atoms with Gasteiger partial charge in [-0.05, 0) is 78.1 Å². The summed E-state index contributed by atoms with van der Waals surface area (Å²) in [5.41, 5.74) is 5.86. The Morgan fingerprint density at radius 1 is 0.892 bits per heavy atom. The van der Waals surface area contributed by atoms with Gasteiger partial charge in [-0.25, -0.2) is 9.59 Å². The number of methoxy groups -OCH3 is 1. The van der Waals surface area contributed by atoms with Crippen molar-refractivity contribution in [2.45, 2.75) is 77.6 Å². The first-order valence-corrected chi connectivity index (χ1v) is 12.0. The van der Waals surface area contributed by atoms with Gasteiger partial charge in [0.15, 0.2) is 0 Å². The fourth-order valence-electron chi connectivity index (χ4n) is 3.08. The first-order valence-electron chi connectivity index (χ1n) is 12.0. The average molecular weight is 522 g/mol. The van der Waals surface area contributed by atoms with Crippen molar-refractivity contribution in [1.82, 2.24) is 21.3 Å². The number of hydrogen-bond acceptors (Lipinski definition) is 8. The van der Waals surface area contributed by atoms with Crippen molar-refractivity contribution in [1.29, 1.82) is 0 Å². The van der Waals surface area contributed by atoms with Crippen LogP contribution >= 0.6 is 0 Å². The lowest BCUT2D eigenvalue weighted by Crippen LogP contribution is -2.54. The maximum absolute atomic E-state index is 13.0. The molecular formula is C25H39N5O7. The standard InChI is InChI=1S/C25H39N5O7/c1-15(20(31)29-16(2)23(34)36-6)28-22(33)19(30-21(32)17-10-12-18(26)13-11-17)9-7-8-14-27-24(35)37-25(3,4)5/h10-13,15-16,19H,7-9,14,26H2,1-6H3,(H,27,35)(H,28,33)(H,29,31)(H,30,32)/t15-,16-,19-/m0/s1. The Bertz CT molecular complexity index is 944. The van der Waals surface area contributed by atoms with Gasteiger partial charge in [0.1, 0.15) is 23.7 Å². The van der Waals surface area contributed by atoms with Gasteiger partial charge in [-0.15, -0.1) is 0 Å². The number of nitrogens with two attached hydrogens (primary N) is 1. The van der Waals surface area contributed by atoms with Gasteiger partial charge < -0.3 is 36.5 Å². The van der Waals surface area contributed by atoms with Crippen LogP contribution in [0, 0.1) is 0 Å². The molecule has 12 nitrogen and oxygen atoms in total. The highest BCUT2D eigenvalue weighted by molar-refractivity contribution is 5.98. The molecule has 1 aromatic rings. The second-order valence-electron chi connectivity index (χ2n) is 9.56. The van der Waals surface area contributed by atoms with E-state index in [0.29, 0.717) is 30.6 Å². The van der Waals surface area contributed by atoms with Gasteiger partial charge in [-0.3, -0.25) is 14.4 Å². The van der Waals surface area contributed by atoms with E-state index < -0.39 is 53.5 Å². The van der Waals surface area contributed by atoms with Crippen LogP contribution in [-0.2, 0) is 23.9 Å². The van der Waals surface area contributed by atoms with Crippen molar-refractivity contribution in [2.75, 3.05) is 19.4 Å². The van der Waals surface area contributed by atoms with Crippen LogP contribution in [0.4, 0.5) is 10.5 Å². The smallest absolute Gasteiger partial charge is 0.407 e. The normalized spacial score (nSPS) is 13.4. The SMILES string of the molecule is COC(=O)[C@H](C)NC(=O)[C@H](C)NC(=O)[C@H](CCCCNC(=O)OC(C)(C)C)NC(=O)c1ccc(N)cc1. The Labute approximate surface area is 217 Å². The topological polar surface area (TPSA) is 178 Å². The van der Waals surface area contributed by atoms with Crippen LogP contribution in [-0.4, -0.2) is 67.2 Å². The predicted octanol–water partition coefficient (Wildman–Crippen LogP) is 1.24. The molecule has 0 heterocycles. The lowest BCUT2D eigenvalue weighted by atomic mass is 10.1. The average Bonchev–Trinajstić information content (AvgIpc) is 2.81. The molecule has 0 radical (unpaired) electrons. The zero-order valence-corrected chi connectivity index (χ0v) is 22.3. The lowest BCUT2D eigenvalue weighted by Gasteiger charge is -2.22. The summed E-state index contributed by atoms with van der Waals surface area (Å²) >= 11 is 0. The van der Waals surface area contributed by atoms with Crippen LogP contribution in [0.5, 0.6) is 0 Å². The van der Waals surface area contributed by atoms with E-state index in [1.807, 2.05) is 0 Å². The number of carbonyl (C=O) groups is 5. The van der Waals surface area contributed by atoms with E-state index in [-0.39, 0.29) is 6.42 Å². The number of anilines is 1. The van der Waals surface area contributed by atoms with Crippen LogP contribution in [0.2, 0.25) is 0 Å². The van der Waals surface area contributed by atoms with Crippen molar-refractivity contribution in [3.05, 3.63) is 29.8 Å². The molecule has 37 heavy (non-hydrogen) atoms. The first-order chi connectivity index (χ1) is 17.2. The second kappa shape index (κ2) is 14.7. The predicted molar refractivity (Wildman–Crippen MR) is 137 cm³/mol. The van der Waals surface area contributed by atoms with E-state index in [1.54, 1.807) is 32.9 Å². The number of amides is 4. The molecule has 4 amide bonds. The summed E-state index contributed by atoms with van der Waals surface area (Å²) in [4.78, 5) is 61.4. The zero-order chi connectivity index (χ0) is 28.2. The highest BCUT2D eigenvalue weighted by Crippen LogP contribution is 2.09. The van der Waals surface area contributed by atoms with Crippen LogP contribution < -0.4 is 27.0 Å². The number of unbranched alkanes of at least 4 members (excludes halogenated alkanes) is 1. The molecule has 206 valence electrons. The first kappa shape index (κ1) is 31.2. The minimum Gasteiger partial charge on any atom is -0.467 e. The van der Waals surface area contributed by atoms with E-state index >= 15 is 0 Å². The van der Waals surface area contributed by atoms with Crippen LogP contribution in [0.1, 0.15) is 64.2 Å². The van der Waals surface area contributed by atoms with E-state index in [1.165, 1.54) is 33.1 Å². The number of benzene rings is 1. The van der Waals surface area contributed by atoms with Crippen molar-refractivity contribution in [3.8, 4) is 0 Å². The van der Waals surface area contributed by atoms with E-state index in [2.05, 4.69) is 26.0 Å². The summed E-state index contributed by atoms with van der Waals surface area (Å²) in [5.74, 6) is -2.27. The molecule has 1 rings (SSSR count). The van der Waals surface area contributed by atoms with Crippen LogP contribution in [0.3, 0.4) is 0 Å². The van der Waals surface area contributed by atoms with Gasteiger partial charge in [0, 0.05) is 17.8 Å². The number of esters is 1. The Kier molecular flexibility index (Phi) is 12.4. The summed E-state index contributed by atoms with van der Waals surface area (Å²) in [6, 6.07) is 3.38. The number of nitrogens with one attached hydrogen (secondary N) is 4. The Hall–Kier alpha value is -3.83. The molecule has 0 aliphatic rings. The van der Waals surface area contributed by atoms with E-state index in [9.17, 15) is 24.0 Å². The number of alkyl carbamates (subject to hydrolysis) is 1. The van der Waals surface area contributed by atoms with Crippen LogP contribution in [0.15, 0.2) is 24.3 Å². The number of hydrogen-bond donors (Lipinski definition) is 5. The summed E-state index contributed by atoms with van der Waals surface area (Å²) in [7, 11) is 1.20. The number of carbonyl (C=O) groups excluding carboxylic acids is 5. The molecule has 0 unspecified atom stereocenters. The summed E-state index contributed by atoms with van der Waals surface area (Å²) in [6.45, 7) is 8.52. The minimum atomic E-state index is -0.982. The Morgan fingerprint density at radius 3 is 2.05 bits per heavy atom. The Morgan fingerprint density at radius 2 is 1.49 bits per heavy atom. The molecule has 0 saturated carbocycles. The van der Waals surface area contributed by atoms with Gasteiger partial charge in [-0.1, -0.05) is 0 Å². The maximum atomic E-state index is 13.0. The van der Waals surface area contributed by atoms with E-state index in [4.69, 9.17) is 10.5 Å². The molecule has 0 aliphatic carbocycles. The minimum absolute atomic E-state index is 0.245. The van der Waals surface area contributed by atoms with Crippen molar-refractivity contribution in [2.24, 2.45) is 0 Å². The molecule has 1 aromatic carbocycles. The lowest BCUT2D eigenvalue weighted by molar-refractivity contribution is -0.144. The largest absolute Gasteiger partial charge is 0.467 e. The molecule has 0 aliphatic heterocycles. The molecule has 0 fully saturated rings. The van der Waals surface area contributed by atoms with E-state index in [0.717, 1.165) is 0 Å². The maximum Gasteiger partial charge on any atom is 0.407 e. The van der Waals surface area contributed by atoms with Crippen molar-refractivity contribution < 1.29 is 33.4 Å². The second-order valence-corrected chi connectivity index (χ2v) is 9.56. The van der Waals surface area contributed by atoms with Gasteiger partial charge in [0.05, 0.1) is 7.11 Å². The van der Waals surface area contributed by atoms with Crippen molar-refractivity contribution >= 4 is 35.5 Å².